The number of fused-ring (bicyclic) bond motifs is 1. The molecule has 1 amide bonds. The van der Waals surface area contributed by atoms with Crippen LogP contribution in [0.15, 0.2) is 36.8 Å². The summed E-state index contributed by atoms with van der Waals surface area (Å²) in [6.07, 6.45) is 5.47. The van der Waals surface area contributed by atoms with Crippen LogP contribution in [-0.4, -0.2) is 75.5 Å². The zero-order valence-electron chi connectivity index (χ0n) is 20.8. The SMILES string of the molecule is CC(C)N1CCN(c2ncc(Cl)c(N3CC(C(=O)NC(C)(C)c4cnc5ccccn45)C3)n2)CC1. The molecule has 0 saturated carbocycles. The number of carbonyl (C=O) groups excluding carboxylic acids is 1. The zero-order valence-corrected chi connectivity index (χ0v) is 21.5. The van der Waals surface area contributed by atoms with Crippen LogP contribution in [-0.2, 0) is 10.3 Å². The van der Waals surface area contributed by atoms with Gasteiger partial charge in [-0.25, -0.2) is 9.97 Å². The number of imidazole rings is 1. The van der Waals surface area contributed by atoms with Crippen LogP contribution < -0.4 is 15.1 Å². The van der Waals surface area contributed by atoms with Gasteiger partial charge in [0.15, 0.2) is 5.82 Å². The van der Waals surface area contributed by atoms with Gasteiger partial charge < -0.3 is 19.5 Å². The number of hydrogen-bond acceptors (Lipinski definition) is 7. The fourth-order valence-electron chi connectivity index (χ4n) is 4.85. The minimum atomic E-state index is -0.559. The van der Waals surface area contributed by atoms with Gasteiger partial charge >= 0.3 is 0 Å². The Morgan fingerprint density at radius 1 is 1.09 bits per heavy atom. The number of amides is 1. The average Bonchev–Trinajstić information content (AvgIpc) is 3.24. The largest absolute Gasteiger partial charge is 0.353 e. The van der Waals surface area contributed by atoms with E-state index in [-0.39, 0.29) is 11.8 Å². The summed E-state index contributed by atoms with van der Waals surface area (Å²) in [5, 5.41) is 3.72. The zero-order chi connectivity index (χ0) is 24.7. The number of pyridine rings is 1. The molecule has 10 heteroatoms. The van der Waals surface area contributed by atoms with Gasteiger partial charge in [-0.15, -0.1) is 0 Å². The monoisotopic (exact) mass is 496 g/mol. The molecule has 5 heterocycles. The van der Waals surface area contributed by atoms with Crippen molar-refractivity contribution in [1.82, 2.24) is 29.6 Å². The second-order valence-corrected chi connectivity index (χ2v) is 10.7. The number of nitrogens with one attached hydrogen (secondary N) is 1. The fraction of sp³-hybridized carbons (Fsp3) is 0.520. The normalized spacial score (nSPS) is 17.8. The molecule has 35 heavy (non-hydrogen) atoms. The lowest BCUT2D eigenvalue weighted by Crippen LogP contribution is -2.57. The van der Waals surface area contributed by atoms with E-state index in [4.69, 9.17) is 16.6 Å². The number of rotatable bonds is 6. The van der Waals surface area contributed by atoms with Crippen LogP contribution >= 0.6 is 11.6 Å². The van der Waals surface area contributed by atoms with Crippen LogP contribution in [0.25, 0.3) is 5.65 Å². The van der Waals surface area contributed by atoms with Crippen molar-refractivity contribution in [2.75, 3.05) is 49.1 Å². The summed E-state index contributed by atoms with van der Waals surface area (Å²) in [7, 11) is 0. The van der Waals surface area contributed by atoms with Crippen LogP contribution in [0.3, 0.4) is 0 Å². The van der Waals surface area contributed by atoms with Gasteiger partial charge in [0.2, 0.25) is 11.9 Å². The Morgan fingerprint density at radius 2 is 1.83 bits per heavy atom. The Kier molecular flexibility index (Phi) is 6.31. The summed E-state index contributed by atoms with van der Waals surface area (Å²) in [4.78, 5) is 33.5. The highest BCUT2D eigenvalue weighted by molar-refractivity contribution is 6.32. The van der Waals surface area contributed by atoms with Crippen molar-refractivity contribution in [3.63, 3.8) is 0 Å². The smallest absolute Gasteiger partial charge is 0.227 e. The quantitative estimate of drug-likeness (QED) is 0.562. The van der Waals surface area contributed by atoms with Crippen molar-refractivity contribution >= 4 is 34.9 Å². The molecule has 2 fully saturated rings. The van der Waals surface area contributed by atoms with Crippen molar-refractivity contribution in [2.45, 2.75) is 39.3 Å². The molecule has 2 aliphatic rings. The number of hydrogen-bond donors (Lipinski definition) is 1. The van der Waals surface area contributed by atoms with Gasteiger partial charge in [0.05, 0.1) is 29.5 Å². The van der Waals surface area contributed by atoms with E-state index in [0.717, 1.165) is 37.5 Å². The molecule has 0 bridgehead atoms. The van der Waals surface area contributed by atoms with Crippen molar-refractivity contribution in [3.8, 4) is 0 Å². The van der Waals surface area contributed by atoms with Gasteiger partial charge in [-0.2, -0.15) is 4.98 Å². The van der Waals surface area contributed by atoms with Crippen LogP contribution in [0.2, 0.25) is 5.02 Å². The predicted octanol–water partition coefficient (Wildman–Crippen LogP) is 2.80. The van der Waals surface area contributed by atoms with Crippen LogP contribution in [0.1, 0.15) is 33.4 Å². The highest BCUT2D eigenvalue weighted by Gasteiger charge is 2.38. The van der Waals surface area contributed by atoms with Crippen molar-refractivity contribution in [1.29, 1.82) is 0 Å². The van der Waals surface area contributed by atoms with Crippen LogP contribution in [0.5, 0.6) is 0 Å². The molecule has 0 unspecified atom stereocenters. The molecule has 2 saturated heterocycles. The van der Waals surface area contributed by atoms with Gasteiger partial charge in [0.25, 0.3) is 0 Å². The number of piperazine rings is 1. The molecule has 0 aromatic carbocycles. The molecule has 0 aliphatic carbocycles. The lowest BCUT2D eigenvalue weighted by Gasteiger charge is -2.41. The summed E-state index contributed by atoms with van der Waals surface area (Å²) in [6.45, 7) is 13.4. The van der Waals surface area contributed by atoms with Crippen LogP contribution in [0.4, 0.5) is 11.8 Å². The van der Waals surface area contributed by atoms with E-state index in [1.165, 1.54) is 0 Å². The number of carbonyl (C=O) groups is 1. The first-order valence-electron chi connectivity index (χ1n) is 12.2. The number of halogens is 1. The molecule has 1 N–H and O–H groups in total. The topological polar surface area (TPSA) is 81.9 Å². The third-order valence-electron chi connectivity index (χ3n) is 7.09. The van der Waals surface area contributed by atoms with Gasteiger partial charge in [0.1, 0.15) is 10.7 Å². The second-order valence-electron chi connectivity index (χ2n) is 10.2. The summed E-state index contributed by atoms with van der Waals surface area (Å²) in [5.74, 6) is 1.30. The molecule has 0 spiro atoms. The first kappa shape index (κ1) is 23.8. The van der Waals surface area contributed by atoms with Gasteiger partial charge in [-0.1, -0.05) is 17.7 Å². The molecule has 0 radical (unpaired) electrons. The maximum absolute atomic E-state index is 13.1. The Balaban J connectivity index is 1.22. The van der Waals surface area contributed by atoms with Gasteiger partial charge in [-0.3, -0.25) is 9.69 Å². The van der Waals surface area contributed by atoms with E-state index in [1.807, 2.05) is 48.8 Å². The molecule has 3 aromatic heterocycles. The maximum Gasteiger partial charge on any atom is 0.227 e. The summed E-state index contributed by atoms with van der Waals surface area (Å²) >= 11 is 6.46. The van der Waals surface area contributed by atoms with E-state index in [1.54, 1.807) is 6.20 Å². The Bertz CT molecular complexity index is 1210. The van der Waals surface area contributed by atoms with Crippen molar-refractivity contribution in [2.24, 2.45) is 5.92 Å². The summed E-state index contributed by atoms with van der Waals surface area (Å²) in [5.41, 5.74) is 1.24. The fourth-order valence-corrected chi connectivity index (χ4v) is 5.06. The average molecular weight is 497 g/mol. The molecule has 186 valence electrons. The Morgan fingerprint density at radius 3 is 2.54 bits per heavy atom. The number of aromatic nitrogens is 4. The molecule has 5 rings (SSSR count). The number of anilines is 2. The molecule has 0 atom stereocenters. The van der Waals surface area contributed by atoms with E-state index in [0.29, 0.717) is 35.9 Å². The molecular formula is C25H33ClN8O. The standard InChI is InChI=1S/C25H33ClN8O/c1-17(2)31-9-11-32(12-10-31)24-28-13-19(26)22(29-24)33-15-18(16-33)23(35)30-25(3,4)20-14-27-21-7-5-6-8-34(20)21/h5-8,13-14,17-18H,9-12,15-16H2,1-4H3,(H,30,35). The van der Waals surface area contributed by atoms with E-state index in [2.05, 4.69) is 43.8 Å². The lowest BCUT2D eigenvalue weighted by molar-refractivity contribution is -0.127. The molecule has 2 aliphatic heterocycles. The second kappa shape index (κ2) is 9.28. The number of nitrogens with zero attached hydrogens (tertiary/aromatic N) is 7. The molecule has 9 nitrogen and oxygen atoms in total. The minimum Gasteiger partial charge on any atom is -0.353 e. The first-order chi connectivity index (χ1) is 16.7. The van der Waals surface area contributed by atoms with Crippen molar-refractivity contribution in [3.05, 3.63) is 47.5 Å². The van der Waals surface area contributed by atoms with E-state index < -0.39 is 5.54 Å². The third-order valence-corrected chi connectivity index (χ3v) is 7.35. The van der Waals surface area contributed by atoms with E-state index in [9.17, 15) is 4.79 Å². The minimum absolute atomic E-state index is 0.0207. The van der Waals surface area contributed by atoms with Crippen molar-refractivity contribution < 1.29 is 4.79 Å². The first-order valence-corrected chi connectivity index (χ1v) is 12.6. The highest BCUT2D eigenvalue weighted by atomic mass is 35.5. The molecule has 3 aromatic rings. The predicted molar refractivity (Wildman–Crippen MR) is 138 cm³/mol. The maximum atomic E-state index is 13.1. The van der Waals surface area contributed by atoms with Gasteiger partial charge in [-0.05, 0) is 39.8 Å². The van der Waals surface area contributed by atoms with E-state index >= 15 is 0 Å². The third kappa shape index (κ3) is 4.67. The molecular weight excluding hydrogens is 464 g/mol. The Labute approximate surface area is 211 Å². The van der Waals surface area contributed by atoms with Crippen LogP contribution in [0, 0.1) is 5.92 Å². The Hall–Kier alpha value is -2.91. The summed E-state index contributed by atoms with van der Waals surface area (Å²) in [6, 6.07) is 6.41. The highest BCUT2D eigenvalue weighted by Crippen LogP contribution is 2.32. The summed E-state index contributed by atoms with van der Waals surface area (Å²) < 4.78 is 2.01. The van der Waals surface area contributed by atoms with Gasteiger partial charge in [0, 0.05) is 51.5 Å². The lowest BCUT2D eigenvalue weighted by atomic mass is 9.95.